The first-order valence-electron chi connectivity index (χ1n) is 7.52. The molecular formula is C15H24N4O3. The van der Waals surface area contributed by atoms with E-state index in [4.69, 9.17) is 9.47 Å². The SMILES string of the molecule is COc1ncccc1CNC(=O)NC[C@@H](C)N1CCOCC1. The van der Waals surface area contributed by atoms with E-state index in [0.29, 0.717) is 25.0 Å². The number of nitrogens with zero attached hydrogens (tertiary/aromatic N) is 2. The molecule has 0 aromatic carbocycles. The van der Waals surface area contributed by atoms with Crippen molar-refractivity contribution in [1.29, 1.82) is 0 Å². The van der Waals surface area contributed by atoms with Gasteiger partial charge in [0.2, 0.25) is 5.88 Å². The van der Waals surface area contributed by atoms with Crippen LogP contribution in [-0.4, -0.2) is 61.9 Å². The average molecular weight is 308 g/mol. The lowest BCUT2D eigenvalue weighted by Crippen LogP contribution is -2.48. The van der Waals surface area contributed by atoms with Gasteiger partial charge >= 0.3 is 6.03 Å². The van der Waals surface area contributed by atoms with Crippen LogP contribution in [0.5, 0.6) is 5.88 Å². The maximum absolute atomic E-state index is 11.9. The van der Waals surface area contributed by atoms with Crippen molar-refractivity contribution in [2.75, 3.05) is 40.0 Å². The molecule has 1 aromatic heterocycles. The number of aromatic nitrogens is 1. The summed E-state index contributed by atoms with van der Waals surface area (Å²) in [5.41, 5.74) is 0.848. The summed E-state index contributed by atoms with van der Waals surface area (Å²) in [4.78, 5) is 18.3. The topological polar surface area (TPSA) is 75.7 Å². The van der Waals surface area contributed by atoms with Gasteiger partial charge in [-0.3, -0.25) is 4.90 Å². The van der Waals surface area contributed by atoms with Crippen LogP contribution in [0.1, 0.15) is 12.5 Å². The first-order valence-corrected chi connectivity index (χ1v) is 7.52. The number of methoxy groups -OCH3 is 1. The maximum atomic E-state index is 11.9. The number of hydrogen-bond acceptors (Lipinski definition) is 5. The van der Waals surface area contributed by atoms with Crippen molar-refractivity contribution in [2.45, 2.75) is 19.5 Å². The number of carbonyl (C=O) groups is 1. The Balaban J connectivity index is 1.71. The summed E-state index contributed by atoms with van der Waals surface area (Å²) in [6, 6.07) is 3.80. The molecule has 2 N–H and O–H groups in total. The minimum atomic E-state index is -0.189. The van der Waals surface area contributed by atoms with Gasteiger partial charge in [-0.05, 0) is 13.0 Å². The molecule has 22 heavy (non-hydrogen) atoms. The quantitative estimate of drug-likeness (QED) is 0.805. The molecule has 1 aliphatic heterocycles. The minimum Gasteiger partial charge on any atom is -0.481 e. The highest BCUT2D eigenvalue weighted by Gasteiger charge is 2.17. The summed E-state index contributed by atoms with van der Waals surface area (Å²) in [7, 11) is 1.57. The van der Waals surface area contributed by atoms with E-state index < -0.39 is 0 Å². The van der Waals surface area contributed by atoms with Gasteiger partial charge in [0, 0.05) is 44.0 Å². The molecule has 0 bridgehead atoms. The fourth-order valence-corrected chi connectivity index (χ4v) is 2.37. The third-order valence-corrected chi connectivity index (χ3v) is 3.71. The van der Waals surface area contributed by atoms with Crippen molar-refractivity contribution in [1.82, 2.24) is 20.5 Å². The van der Waals surface area contributed by atoms with E-state index in [-0.39, 0.29) is 6.03 Å². The zero-order chi connectivity index (χ0) is 15.8. The molecule has 2 heterocycles. The number of hydrogen-bond donors (Lipinski definition) is 2. The third kappa shape index (κ3) is 4.85. The molecule has 1 fully saturated rings. The molecule has 0 aliphatic carbocycles. The molecule has 0 spiro atoms. The predicted octanol–water partition coefficient (Wildman–Crippen LogP) is 0.610. The Hall–Kier alpha value is -1.86. The van der Waals surface area contributed by atoms with Crippen molar-refractivity contribution < 1.29 is 14.3 Å². The van der Waals surface area contributed by atoms with Crippen LogP contribution in [0.2, 0.25) is 0 Å². The van der Waals surface area contributed by atoms with Gasteiger partial charge in [-0.25, -0.2) is 9.78 Å². The summed E-state index contributed by atoms with van der Waals surface area (Å²) < 4.78 is 10.5. The second-order valence-electron chi connectivity index (χ2n) is 5.23. The lowest BCUT2D eigenvalue weighted by Gasteiger charge is -2.32. The van der Waals surface area contributed by atoms with Gasteiger partial charge in [0.1, 0.15) is 0 Å². The number of nitrogens with one attached hydrogen (secondary N) is 2. The zero-order valence-corrected chi connectivity index (χ0v) is 13.2. The van der Waals surface area contributed by atoms with E-state index in [1.54, 1.807) is 13.3 Å². The highest BCUT2D eigenvalue weighted by atomic mass is 16.5. The summed E-state index contributed by atoms with van der Waals surface area (Å²) in [5, 5.41) is 5.71. The molecule has 1 aromatic rings. The van der Waals surface area contributed by atoms with Crippen molar-refractivity contribution in [3.8, 4) is 5.88 Å². The Labute approximate surface area is 131 Å². The Bertz CT molecular complexity index is 478. The van der Waals surface area contributed by atoms with Gasteiger partial charge < -0.3 is 20.1 Å². The molecule has 7 nitrogen and oxygen atoms in total. The molecule has 2 rings (SSSR count). The van der Waals surface area contributed by atoms with E-state index >= 15 is 0 Å². The zero-order valence-electron chi connectivity index (χ0n) is 13.2. The largest absolute Gasteiger partial charge is 0.481 e. The molecule has 0 saturated carbocycles. The average Bonchev–Trinajstić information content (AvgIpc) is 2.58. The number of rotatable bonds is 6. The van der Waals surface area contributed by atoms with Crippen LogP contribution in [0.3, 0.4) is 0 Å². The molecule has 2 amide bonds. The van der Waals surface area contributed by atoms with Crippen molar-refractivity contribution in [3.05, 3.63) is 23.9 Å². The summed E-state index contributed by atoms with van der Waals surface area (Å²) in [5.74, 6) is 0.532. The van der Waals surface area contributed by atoms with E-state index in [1.165, 1.54) is 0 Å². The van der Waals surface area contributed by atoms with Gasteiger partial charge in [-0.2, -0.15) is 0 Å². The number of pyridine rings is 1. The van der Waals surface area contributed by atoms with E-state index in [0.717, 1.165) is 31.9 Å². The molecule has 1 saturated heterocycles. The molecule has 1 aliphatic rings. The highest BCUT2D eigenvalue weighted by molar-refractivity contribution is 5.73. The normalized spacial score (nSPS) is 16.8. The minimum absolute atomic E-state index is 0.189. The van der Waals surface area contributed by atoms with E-state index in [9.17, 15) is 4.79 Å². The molecular weight excluding hydrogens is 284 g/mol. The second-order valence-corrected chi connectivity index (χ2v) is 5.23. The van der Waals surface area contributed by atoms with Gasteiger partial charge in [0.15, 0.2) is 0 Å². The fraction of sp³-hybridized carbons (Fsp3) is 0.600. The van der Waals surface area contributed by atoms with Gasteiger partial charge in [0.05, 0.1) is 20.3 Å². The first-order chi connectivity index (χ1) is 10.7. The second kappa shape index (κ2) is 8.55. The van der Waals surface area contributed by atoms with Gasteiger partial charge in [-0.15, -0.1) is 0 Å². The standard InChI is InChI=1S/C15H24N4O3/c1-12(19-6-8-22-9-7-19)10-17-15(20)18-11-13-4-3-5-16-14(13)21-2/h3-5,12H,6-11H2,1-2H3,(H2,17,18,20)/t12-/m1/s1. The molecule has 7 heteroatoms. The van der Waals surface area contributed by atoms with E-state index in [2.05, 4.69) is 27.4 Å². The number of ether oxygens (including phenoxy) is 2. The number of amides is 2. The number of morpholine rings is 1. The van der Waals surface area contributed by atoms with Crippen LogP contribution in [0, 0.1) is 0 Å². The molecule has 0 radical (unpaired) electrons. The third-order valence-electron chi connectivity index (χ3n) is 3.71. The number of carbonyl (C=O) groups excluding carboxylic acids is 1. The smallest absolute Gasteiger partial charge is 0.315 e. The van der Waals surface area contributed by atoms with Crippen LogP contribution in [0.15, 0.2) is 18.3 Å². The lowest BCUT2D eigenvalue weighted by molar-refractivity contribution is 0.0209. The van der Waals surface area contributed by atoms with Gasteiger partial charge in [0.25, 0.3) is 0 Å². The van der Waals surface area contributed by atoms with Crippen molar-refractivity contribution in [2.24, 2.45) is 0 Å². The molecule has 1 atom stereocenters. The Morgan fingerprint density at radius 3 is 2.95 bits per heavy atom. The highest BCUT2D eigenvalue weighted by Crippen LogP contribution is 2.12. The molecule has 0 unspecified atom stereocenters. The van der Waals surface area contributed by atoms with Crippen LogP contribution in [0.25, 0.3) is 0 Å². The summed E-state index contributed by atoms with van der Waals surface area (Å²) in [6.07, 6.45) is 1.66. The van der Waals surface area contributed by atoms with Crippen molar-refractivity contribution >= 4 is 6.03 Å². The fourth-order valence-electron chi connectivity index (χ4n) is 2.37. The Morgan fingerprint density at radius 2 is 2.23 bits per heavy atom. The van der Waals surface area contributed by atoms with Crippen LogP contribution in [-0.2, 0) is 11.3 Å². The Morgan fingerprint density at radius 1 is 1.45 bits per heavy atom. The number of urea groups is 1. The predicted molar refractivity (Wildman–Crippen MR) is 82.9 cm³/mol. The van der Waals surface area contributed by atoms with Crippen LogP contribution >= 0.6 is 0 Å². The van der Waals surface area contributed by atoms with Crippen molar-refractivity contribution in [3.63, 3.8) is 0 Å². The first kappa shape index (κ1) is 16.5. The Kier molecular flexibility index (Phi) is 6.42. The van der Waals surface area contributed by atoms with E-state index in [1.807, 2.05) is 12.1 Å². The summed E-state index contributed by atoms with van der Waals surface area (Å²) in [6.45, 7) is 6.45. The lowest BCUT2D eigenvalue weighted by atomic mass is 10.2. The maximum Gasteiger partial charge on any atom is 0.315 e. The monoisotopic (exact) mass is 308 g/mol. The van der Waals surface area contributed by atoms with Crippen LogP contribution < -0.4 is 15.4 Å². The van der Waals surface area contributed by atoms with Gasteiger partial charge in [-0.1, -0.05) is 6.07 Å². The van der Waals surface area contributed by atoms with Crippen LogP contribution in [0.4, 0.5) is 4.79 Å². The summed E-state index contributed by atoms with van der Waals surface area (Å²) >= 11 is 0. The molecule has 122 valence electrons.